The van der Waals surface area contributed by atoms with Gasteiger partial charge in [0.2, 0.25) is 0 Å². The van der Waals surface area contributed by atoms with E-state index in [9.17, 15) is 8.42 Å². The minimum atomic E-state index is -3.45. The van der Waals surface area contributed by atoms with Crippen LogP contribution in [-0.2, 0) is 10.2 Å². The molecule has 5 nitrogen and oxygen atoms in total. The molecule has 98 valence electrons. The lowest BCUT2D eigenvalue weighted by atomic mass is 10.2. The van der Waals surface area contributed by atoms with E-state index in [1.807, 2.05) is 20.8 Å². The van der Waals surface area contributed by atoms with Crippen molar-refractivity contribution in [3.8, 4) is 0 Å². The molecule has 0 aliphatic rings. The topological polar surface area (TPSA) is 69.6 Å². The molecule has 0 aromatic rings. The summed E-state index contributed by atoms with van der Waals surface area (Å²) in [5.41, 5.74) is 0. The Hall–Kier alpha value is -0.170. The van der Waals surface area contributed by atoms with Crippen LogP contribution >= 0.6 is 0 Å². The fraction of sp³-hybridized carbons (Fsp3) is 1.00. The number of hydrogen-bond donors (Lipinski definition) is 2. The van der Waals surface area contributed by atoms with Crippen LogP contribution in [0.3, 0.4) is 0 Å². The molecule has 0 aromatic carbocycles. The van der Waals surface area contributed by atoms with Gasteiger partial charge < -0.3 is 5.11 Å². The fourth-order valence-electron chi connectivity index (χ4n) is 1.61. The van der Waals surface area contributed by atoms with Crippen molar-refractivity contribution in [3.05, 3.63) is 0 Å². The number of hydrogen-bond acceptors (Lipinski definition) is 3. The second kappa shape index (κ2) is 8.00. The third-order valence-corrected chi connectivity index (χ3v) is 4.18. The highest BCUT2D eigenvalue weighted by molar-refractivity contribution is 7.87. The quantitative estimate of drug-likeness (QED) is 0.635. The minimum Gasteiger partial charge on any atom is -0.395 e. The smallest absolute Gasteiger partial charge is 0.279 e. The first kappa shape index (κ1) is 15.8. The van der Waals surface area contributed by atoms with Crippen molar-refractivity contribution in [2.75, 3.05) is 19.7 Å². The molecule has 0 unspecified atom stereocenters. The van der Waals surface area contributed by atoms with Crippen molar-refractivity contribution >= 4 is 10.2 Å². The van der Waals surface area contributed by atoms with Gasteiger partial charge in [-0.25, -0.2) is 4.72 Å². The summed E-state index contributed by atoms with van der Waals surface area (Å²) in [6.07, 6.45) is 2.27. The largest absolute Gasteiger partial charge is 0.395 e. The van der Waals surface area contributed by atoms with Crippen LogP contribution in [0, 0.1) is 0 Å². The summed E-state index contributed by atoms with van der Waals surface area (Å²) in [6, 6.07) is -0.0403. The predicted octanol–water partition coefficient (Wildman–Crippen LogP) is 0.714. The molecular weight excluding hydrogens is 228 g/mol. The van der Waals surface area contributed by atoms with E-state index in [0.29, 0.717) is 6.54 Å². The molecule has 0 bridgehead atoms. The first-order valence-corrected chi connectivity index (χ1v) is 7.34. The van der Waals surface area contributed by atoms with E-state index in [-0.39, 0.29) is 19.2 Å². The molecule has 0 aliphatic heterocycles. The molecule has 16 heavy (non-hydrogen) atoms. The molecule has 0 radical (unpaired) electrons. The maximum Gasteiger partial charge on any atom is 0.279 e. The van der Waals surface area contributed by atoms with E-state index in [2.05, 4.69) is 4.72 Å². The third kappa shape index (κ3) is 4.78. The zero-order chi connectivity index (χ0) is 12.6. The lowest BCUT2D eigenvalue weighted by molar-refractivity contribution is 0.218. The Morgan fingerprint density at radius 2 is 1.81 bits per heavy atom. The Labute approximate surface area is 99.0 Å². The van der Waals surface area contributed by atoms with Crippen molar-refractivity contribution in [3.63, 3.8) is 0 Å². The van der Waals surface area contributed by atoms with Crippen molar-refractivity contribution in [2.45, 2.75) is 46.1 Å². The van der Waals surface area contributed by atoms with Gasteiger partial charge in [0, 0.05) is 19.1 Å². The average molecular weight is 252 g/mol. The van der Waals surface area contributed by atoms with Crippen LogP contribution in [-0.4, -0.2) is 43.6 Å². The van der Waals surface area contributed by atoms with Crippen LogP contribution in [0.2, 0.25) is 0 Å². The molecule has 0 aromatic heterocycles. The first-order valence-electron chi connectivity index (χ1n) is 5.90. The molecule has 0 saturated carbocycles. The molecule has 0 rings (SSSR count). The molecule has 2 N–H and O–H groups in total. The minimum absolute atomic E-state index is 0.0403. The Kier molecular flexibility index (Phi) is 7.91. The molecule has 0 amide bonds. The van der Waals surface area contributed by atoms with Crippen LogP contribution in [0.15, 0.2) is 0 Å². The summed E-state index contributed by atoms with van der Waals surface area (Å²) in [4.78, 5) is 0. The van der Waals surface area contributed by atoms with Crippen LogP contribution in [0.5, 0.6) is 0 Å². The summed E-state index contributed by atoms with van der Waals surface area (Å²) in [7, 11) is -3.45. The van der Waals surface area contributed by atoms with E-state index in [4.69, 9.17) is 5.11 Å². The number of nitrogens with zero attached hydrogens (tertiary/aromatic N) is 1. The number of rotatable bonds is 9. The Balaban J connectivity index is 4.73. The van der Waals surface area contributed by atoms with Gasteiger partial charge in [-0.05, 0) is 19.3 Å². The van der Waals surface area contributed by atoms with E-state index < -0.39 is 10.2 Å². The normalized spacial score (nSPS) is 12.6. The van der Waals surface area contributed by atoms with Gasteiger partial charge in [0.1, 0.15) is 0 Å². The van der Waals surface area contributed by atoms with Gasteiger partial charge in [0.25, 0.3) is 10.2 Å². The predicted molar refractivity (Wildman–Crippen MR) is 65.4 cm³/mol. The van der Waals surface area contributed by atoms with Crippen LogP contribution in [0.25, 0.3) is 0 Å². The van der Waals surface area contributed by atoms with Gasteiger partial charge in [0.15, 0.2) is 0 Å². The van der Waals surface area contributed by atoms with Gasteiger partial charge in [-0.3, -0.25) is 0 Å². The SMILES string of the molecule is CCCNS(=O)(=O)N(CCO)C(CC)CC. The standard InChI is InChI=1S/C10H24N2O3S/c1-4-7-11-16(14,15)12(8-9-13)10(5-2)6-3/h10-11,13H,4-9H2,1-3H3. The monoisotopic (exact) mass is 252 g/mol. The van der Waals surface area contributed by atoms with Gasteiger partial charge in [-0.1, -0.05) is 20.8 Å². The molecule has 0 heterocycles. The van der Waals surface area contributed by atoms with Crippen LogP contribution in [0.1, 0.15) is 40.0 Å². The Bertz CT molecular complexity index is 263. The molecule has 0 fully saturated rings. The van der Waals surface area contributed by atoms with Gasteiger partial charge >= 0.3 is 0 Å². The molecule has 0 spiro atoms. The van der Waals surface area contributed by atoms with Crippen LogP contribution in [0.4, 0.5) is 0 Å². The summed E-state index contributed by atoms with van der Waals surface area (Å²) in [6.45, 7) is 6.26. The Morgan fingerprint density at radius 1 is 1.25 bits per heavy atom. The van der Waals surface area contributed by atoms with Crippen LogP contribution < -0.4 is 4.72 Å². The van der Waals surface area contributed by atoms with Crippen molar-refractivity contribution < 1.29 is 13.5 Å². The maximum atomic E-state index is 11.9. The number of aliphatic hydroxyl groups is 1. The van der Waals surface area contributed by atoms with Crippen molar-refractivity contribution in [2.24, 2.45) is 0 Å². The summed E-state index contributed by atoms with van der Waals surface area (Å²) < 4.78 is 27.8. The zero-order valence-corrected chi connectivity index (χ0v) is 11.3. The summed E-state index contributed by atoms with van der Waals surface area (Å²) in [5.74, 6) is 0. The molecule has 6 heteroatoms. The fourth-order valence-corrected chi connectivity index (χ4v) is 3.25. The lowest BCUT2D eigenvalue weighted by Gasteiger charge is -2.28. The highest BCUT2D eigenvalue weighted by Crippen LogP contribution is 2.12. The van der Waals surface area contributed by atoms with Gasteiger partial charge in [-0.15, -0.1) is 0 Å². The molecule has 0 atom stereocenters. The van der Waals surface area contributed by atoms with E-state index >= 15 is 0 Å². The van der Waals surface area contributed by atoms with E-state index in [1.54, 1.807) is 0 Å². The highest BCUT2D eigenvalue weighted by Gasteiger charge is 2.26. The summed E-state index contributed by atoms with van der Waals surface area (Å²) >= 11 is 0. The second-order valence-corrected chi connectivity index (χ2v) is 5.41. The van der Waals surface area contributed by atoms with Gasteiger partial charge in [-0.2, -0.15) is 12.7 Å². The zero-order valence-electron chi connectivity index (χ0n) is 10.4. The third-order valence-electron chi connectivity index (χ3n) is 2.51. The molecule has 0 saturated heterocycles. The molecular formula is C10H24N2O3S. The molecule has 0 aliphatic carbocycles. The average Bonchev–Trinajstić information content (AvgIpc) is 2.27. The van der Waals surface area contributed by atoms with Gasteiger partial charge in [0.05, 0.1) is 6.61 Å². The maximum absolute atomic E-state index is 11.9. The van der Waals surface area contributed by atoms with E-state index in [0.717, 1.165) is 19.3 Å². The Morgan fingerprint density at radius 3 is 2.19 bits per heavy atom. The van der Waals surface area contributed by atoms with E-state index in [1.165, 1.54) is 4.31 Å². The second-order valence-electron chi connectivity index (χ2n) is 3.70. The summed E-state index contributed by atoms with van der Waals surface area (Å²) in [5, 5.41) is 8.93. The number of nitrogens with one attached hydrogen (secondary N) is 1. The lowest BCUT2D eigenvalue weighted by Crippen LogP contribution is -2.47. The highest BCUT2D eigenvalue weighted by atomic mass is 32.2. The van der Waals surface area contributed by atoms with Crippen molar-refractivity contribution in [1.29, 1.82) is 0 Å². The number of aliphatic hydroxyl groups excluding tert-OH is 1. The first-order chi connectivity index (χ1) is 7.53. The van der Waals surface area contributed by atoms with Crippen molar-refractivity contribution in [1.82, 2.24) is 9.03 Å².